The van der Waals surface area contributed by atoms with E-state index in [1.54, 1.807) is 24.5 Å². The number of hydrogen-bond acceptors (Lipinski definition) is 5. The zero-order chi connectivity index (χ0) is 12.1. The zero-order valence-corrected chi connectivity index (χ0v) is 10.2. The average molecular weight is 250 g/mol. The first-order valence-corrected chi connectivity index (χ1v) is 6.53. The summed E-state index contributed by atoms with van der Waals surface area (Å²) in [5.74, 6) is 2.32. The summed E-state index contributed by atoms with van der Waals surface area (Å²) in [5, 5.41) is 0. The molecule has 1 aliphatic heterocycles. The molecule has 17 heavy (non-hydrogen) atoms. The van der Waals surface area contributed by atoms with Crippen LogP contribution in [0.25, 0.3) is 6.08 Å². The van der Waals surface area contributed by atoms with Crippen molar-refractivity contribution in [2.75, 3.05) is 30.3 Å². The molecule has 6 heteroatoms. The van der Waals surface area contributed by atoms with Crippen LogP contribution in [0.3, 0.4) is 0 Å². The molecule has 0 unspecified atom stereocenters. The maximum atomic E-state index is 11.8. The zero-order valence-electron chi connectivity index (χ0n) is 9.37. The number of nitrogens with two attached hydrogens (primary N) is 1. The van der Waals surface area contributed by atoms with E-state index in [4.69, 9.17) is 5.73 Å². The summed E-state index contributed by atoms with van der Waals surface area (Å²) < 4.78 is 0. The number of hydrogen-bond donors (Lipinski definition) is 1. The second kappa shape index (κ2) is 5.67. The van der Waals surface area contributed by atoms with E-state index in [-0.39, 0.29) is 11.9 Å². The lowest BCUT2D eigenvalue weighted by atomic mass is 10.3. The van der Waals surface area contributed by atoms with Crippen LogP contribution in [0.2, 0.25) is 0 Å². The first-order valence-electron chi connectivity index (χ1n) is 5.38. The van der Waals surface area contributed by atoms with Gasteiger partial charge in [-0.2, -0.15) is 11.8 Å². The first-order chi connectivity index (χ1) is 8.25. The van der Waals surface area contributed by atoms with Gasteiger partial charge in [-0.25, -0.2) is 9.97 Å². The monoisotopic (exact) mass is 250 g/mol. The Morgan fingerprint density at radius 3 is 2.65 bits per heavy atom. The molecule has 1 saturated heterocycles. The third kappa shape index (κ3) is 3.45. The largest absolute Gasteiger partial charge is 0.368 e. The number of nitrogen functional groups attached to an aromatic ring is 1. The van der Waals surface area contributed by atoms with Crippen molar-refractivity contribution < 1.29 is 4.79 Å². The van der Waals surface area contributed by atoms with Crippen LogP contribution in [0.5, 0.6) is 0 Å². The predicted octanol–water partition coefficient (Wildman–Crippen LogP) is 0.647. The molecule has 1 aromatic heterocycles. The van der Waals surface area contributed by atoms with E-state index in [0.717, 1.165) is 30.2 Å². The molecular formula is C11H14N4OS. The fraction of sp³-hybridized carbons (Fsp3) is 0.364. The lowest BCUT2D eigenvalue weighted by Gasteiger charge is -2.25. The lowest BCUT2D eigenvalue weighted by Crippen LogP contribution is -2.36. The summed E-state index contributed by atoms with van der Waals surface area (Å²) in [6.07, 6.45) is 6.46. The molecule has 1 fully saturated rings. The maximum Gasteiger partial charge on any atom is 0.246 e. The molecule has 1 amide bonds. The Morgan fingerprint density at radius 2 is 2.00 bits per heavy atom. The molecule has 90 valence electrons. The molecule has 0 aliphatic carbocycles. The van der Waals surface area contributed by atoms with Gasteiger partial charge in [0, 0.05) is 48.6 Å². The average Bonchev–Trinajstić information content (AvgIpc) is 2.39. The molecular weight excluding hydrogens is 236 g/mol. The van der Waals surface area contributed by atoms with Gasteiger partial charge in [0.2, 0.25) is 11.9 Å². The molecule has 0 aromatic carbocycles. The van der Waals surface area contributed by atoms with Gasteiger partial charge in [-0.3, -0.25) is 4.79 Å². The smallest absolute Gasteiger partial charge is 0.246 e. The van der Waals surface area contributed by atoms with Crippen molar-refractivity contribution in [3.05, 3.63) is 24.0 Å². The quantitative estimate of drug-likeness (QED) is 0.780. The van der Waals surface area contributed by atoms with Crippen molar-refractivity contribution in [2.24, 2.45) is 0 Å². The Labute approximate surface area is 104 Å². The predicted molar refractivity (Wildman–Crippen MR) is 69.4 cm³/mol. The summed E-state index contributed by atoms with van der Waals surface area (Å²) in [6.45, 7) is 1.65. The molecule has 0 spiro atoms. The molecule has 0 bridgehead atoms. The Morgan fingerprint density at radius 1 is 1.35 bits per heavy atom. The van der Waals surface area contributed by atoms with Crippen molar-refractivity contribution in [2.45, 2.75) is 0 Å². The van der Waals surface area contributed by atoms with E-state index in [1.807, 2.05) is 16.7 Å². The van der Waals surface area contributed by atoms with Crippen molar-refractivity contribution >= 4 is 29.7 Å². The van der Waals surface area contributed by atoms with E-state index in [2.05, 4.69) is 9.97 Å². The van der Waals surface area contributed by atoms with E-state index < -0.39 is 0 Å². The topological polar surface area (TPSA) is 72.1 Å². The number of amides is 1. The number of aromatic nitrogens is 2. The summed E-state index contributed by atoms with van der Waals surface area (Å²) in [7, 11) is 0. The van der Waals surface area contributed by atoms with Gasteiger partial charge in [-0.1, -0.05) is 0 Å². The van der Waals surface area contributed by atoms with Gasteiger partial charge >= 0.3 is 0 Å². The molecule has 0 saturated carbocycles. The van der Waals surface area contributed by atoms with Crippen molar-refractivity contribution in [1.29, 1.82) is 0 Å². The first kappa shape index (κ1) is 11.9. The molecule has 5 nitrogen and oxygen atoms in total. The molecule has 2 N–H and O–H groups in total. The standard InChI is InChI=1S/C11H14N4OS/c12-11-13-7-9(8-14-11)1-2-10(16)15-3-5-17-6-4-15/h1-2,7-8H,3-6H2,(H2,12,13,14)/b2-1+. The fourth-order valence-electron chi connectivity index (χ4n) is 1.49. The third-order valence-electron chi connectivity index (χ3n) is 2.43. The Balaban J connectivity index is 1.95. The highest BCUT2D eigenvalue weighted by atomic mass is 32.2. The minimum Gasteiger partial charge on any atom is -0.368 e. The van der Waals surface area contributed by atoms with E-state index >= 15 is 0 Å². The summed E-state index contributed by atoms with van der Waals surface area (Å²) in [5.41, 5.74) is 6.15. The maximum absolute atomic E-state index is 11.8. The van der Waals surface area contributed by atoms with Crippen LogP contribution in [0.1, 0.15) is 5.56 Å². The number of rotatable bonds is 2. The molecule has 1 aromatic rings. The van der Waals surface area contributed by atoms with Gasteiger partial charge in [0.15, 0.2) is 0 Å². The van der Waals surface area contributed by atoms with Crippen LogP contribution in [-0.4, -0.2) is 45.4 Å². The molecule has 2 heterocycles. The highest BCUT2D eigenvalue weighted by Crippen LogP contribution is 2.10. The highest BCUT2D eigenvalue weighted by molar-refractivity contribution is 7.99. The van der Waals surface area contributed by atoms with Crippen LogP contribution >= 0.6 is 11.8 Å². The van der Waals surface area contributed by atoms with Gasteiger partial charge in [0.1, 0.15) is 0 Å². The minimum atomic E-state index is 0.0436. The van der Waals surface area contributed by atoms with E-state index in [9.17, 15) is 4.79 Å². The third-order valence-corrected chi connectivity index (χ3v) is 3.38. The Hall–Kier alpha value is -1.56. The fourth-order valence-corrected chi connectivity index (χ4v) is 2.39. The number of nitrogens with zero attached hydrogens (tertiary/aromatic N) is 3. The van der Waals surface area contributed by atoms with Crippen LogP contribution in [0.15, 0.2) is 18.5 Å². The number of thioether (sulfide) groups is 1. The van der Waals surface area contributed by atoms with Crippen LogP contribution < -0.4 is 5.73 Å². The molecule has 1 aliphatic rings. The normalized spacial score (nSPS) is 16.4. The van der Waals surface area contributed by atoms with Crippen LogP contribution in [0, 0.1) is 0 Å². The number of carbonyl (C=O) groups excluding carboxylic acids is 1. The van der Waals surface area contributed by atoms with Crippen LogP contribution in [0.4, 0.5) is 5.95 Å². The molecule has 0 radical (unpaired) electrons. The van der Waals surface area contributed by atoms with Crippen molar-refractivity contribution in [1.82, 2.24) is 14.9 Å². The Bertz CT molecular complexity index is 412. The van der Waals surface area contributed by atoms with Gasteiger partial charge in [0.05, 0.1) is 0 Å². The SMILES string of the molecule is Nc1ncc(/C=C/C(=O)N2CCSCC2)cn1. The van der Waals surface area contributed by atoms with E-state index in [1.165, 1.54) is 0 Å². The summed E-state index contributed by atoms with van der Waals surface area (Å²) in [4.78, 5) is 21.4. The second-order valence-corrected chi connectivity index (χ2v) is 4.87. The van der Waals surface area contributed by atoms with Crippen molar-refractivity contribution in [3.8, 4) is 0 Å². The highest BCUT2D eigenvalue weighted by Gasteiger charge is 2.13. The summed E-state index contributed by atoms with van der Waals surface area (Å²) >= 11 is 1.88. The second-order valence-electron chi connectivity index (χ2n) is 3.65. The van der Waals surface area contributed by atoms with Crippen molar-refractivity contribution in [3.63, 3.8) is 0 Å². The van der Waals surface area contributed by atoms with Gasteiger partial charge in [-0.15, -0.1) is 0 Å². The number of anilines is 1. The van der Waals surface area contributed by atoms with Crippen LogP contribution in [-0.2, 0) is 4.79 Å². The summed E-state index contributed by atoms with van der Waals surface area (Å²) in [6, 6.07) is 0. The van der Waals surface area contributed by atoms with Gasteiger partial charge < -0.3 is 10.6 Å². The number of carbonyl (C=O) groups is 1. The van der Waals surface area contributed by atoms with Gasteiger partial charge in [0.25, 0.3) is 0 Å². The molecule has 0 atom stereocenters. The van der Waals surface area contributed by atoms with E-state index in [0.29, 0.717) is 0 Å². The van der Waals surface area contributed by atoms with Gasteiger partial charge in [-0.05, 0) is 6.08 Å². The molecule has 2 rings (SSSR count). The lowest BCUT2D eigenvalue weighted by molar-refractivity contribution is -0.125. The Kier molecular flexibility index (Phi) is 3.98. The minimum absolute atomic E-state index is 0.0436.